The van der Waals surface area contributed by atoms with E-state index in [0.29, 0.717) is 5.56 Å². The molecule has 0 unspecified atom stereocenters. The van der Waals surface area contributed by atoms with Crippen molar-refractivity contribution in [3.63, 3.8) is 0 Å². The molecule has 21 heavy (non-hydrogen) atoms. The smallest absolute Gasteiger partial charge is 0.171 e. The number of aromatic amines is 1. The molecule has 0 aliphatic rings. The SMILES string of the molecule is Cc1ccc(C(N)=NO)c(Sc2nc3ccccc3[nH]2)c1. The number of hydrogen-bond acceptors (Lipinski definition) is 4. The Morgan fingerprint density at radius 3 is 2.86 bits per heavy atom. The zero-order valence-electron chi connectivity index (χ0n) is 11.4. The summed E-state index contributed by atoms with van der Waals surface area (Å²) in [6.45, 7) is 2.00. The summed E-state index contributed by atoms with van der Waals surface area (Å²) < 4.78 is 0. The van der Waals surface area contributed by atoms with Gasteiger partial charge in [-0.3, -0.25) is 0 Å². The second kappa shape index (κ2) is 5.49. The molecular weight excluding hydrogens is 284 g/mol. The Morgan fingerprint density at radius 2 is 2.10 bits per heavy atom. The molecule has 0 radical (unpaired) electrons. The van der Waals surface area contributed by atoms with Crippen LogP contribution in [0.1, 0.15) is 11.1 Å². The quantitative estimate of drug-likeness (QED) is 0.300. The number of para-hydroxylation sites is 2. The first-order chi connectivity index (χ1) is 10.2. The van der Waals surface area contributed by atoms with E-state index in [1.165, 1.54) is 11.8 Å². The minimum Gasteiger partial charge on any atom is -0.409 e. The molecule has 1 heterocycles. The van der Waals surface area contributed by atoms with Gasteiger partial charge >= 0.3 is 0 Å². The summed E-state index contributed by atoms with van der Waals surface area (Å²) in [6, 6.07) is 13.6. The molecule has 0 amide bonds. The summed E-state index contributed by atoms with van der Waals surface area (Å²) >= 11 is 1.46. The lowest BCUT2D eigenvalue weighted by molar-refractivity contribution is 0.318. The van der Waals surface area contributed by atoms with Crippen LogP contribution >= 0.6 is 11.8 Å². The lowest BCUT2D eigenvalue weighted by Crippen LogP contribution is -2.14. The standard InChI is InChI=1S/C15H14N4OS/c1-9-6-7-10(14(16)19-20)13(8-9)21-15-17-11-4-2-3-5-12(11)18-15/h2-8,20H,1H3,(H2,16,19)(H,17,18). The molecule has 0 atom stereocenters. The van der Waals surface area contributed by atoms with E-state index in [1.807, 2.05) is 49.4 Å². The van der Waals surface area contributed by atoms with Gasteiger partial charge in [0.2, 0.25) is 0 Å². The number of rotatable bonds is 3. The molecule has 3 aromatic rings. The molecule has 5 nitrogen and oxygen atoms in total. The second-order valence-corrected chi connectivity index (χ2v) is 5.68. The van der Waals surface area contributed by atoms with Crippen molar-refractivity contribution >= 4 is 28.6 Å². The molecule has 0 saturated carbocycles. The molecule has 2 aromatic carbocycles. The number of hydrogen-bond donors (Lipinski definition) is 3. The summed E-state index contributed by atoms with van der Waals surface area (Å²) in [5.41, 5.74) is 9.42. The van der Waals surface area contributed by atoms with Gasteiger partial charge in [-0.25, -0.2) is 4.98 Å². The summed E-state index contributed by atoms with van der Waals surface area (Å²) in [4.78, 5) is 8.68. The van der Waals surface area contributed by atoms with E-state index in [4.69, 9.17) is 10.9 Å². The van der Waals surface area contributed by atoms with Gasteiger partial charge in [-0.15, -0.1) is 0 Å². The van der Waals surface area contributed by atoms with Crippen LogP contribution in [0.5, 0.6) is 0 Å². The predicted octanol–water partition coefficient (Wildman–Crippen LogP) is 3.12. The van der Waals surface area contributed by atoms with E-state index < -0.39 is 0 Å². The Hall–Kier alpha value is -2.47. The zero-order valence-corrected chi connectivity index (χ0v) is 12.2. The van der Waals surface area contributed by atoms with E-state index in [9.17, 15) is 0 Å². The van der Waals surface area contributed by atoms with Gasteiger partial charge in [0, 0.05) is 10.5 Å². The molecule has 0 aliphatic carbocycles. The first-order valence-corrected chi connectivity index (χ1v) is 7.20. The van der Waals surface area contributed by atoms with E-state index in [2.05, 4.69) is 15.1 Å². The number of nitrogens with one attached hydrogen (secondary N) is 1. The van der Waals surface area contributed by atoms with Crippen molar-refractivity contribution in [2.75, 3.05) is 0 Å². The number of nitrogens with zero attached hydrogens (tertiary/aromatic N) is 2. The Balaban J connectivity index is 2.02. The van der Waals surface area contributed by atoms with E-state index in [-0.39, 0.29) is 5.84 Å². The fourth-order valence-corrected chi connectivity index (χ4v) is 3.10. The van der Waals surface area contributed by atoms with Gasteiger partial charge in [0.25, 0.3) is 0 Å². The number of amidine groups is 1. The average Bonchev–Trinajstić information content (AvgIpc) is 2.89. The van der Waals surface area contributed by atoms with Crippen molar-refractivity contribution in [2.24, 2.45) is 10.9 Å². The first-order valence-electron chi connectivity index (χ1n) is 6.38. The Kier molecular flexibility index (Phi) is 3.53. The molecule has 106 valence electrons. The second-order valence-electron chi connectivity index (χ2n) is 4.65. The molecule has 1 aromatic heterocycles. The van der Waals surface area contributed by atoms with Crippen LogP contribution in [0.3, 0.4) is 0 Å². The van der Waals surface area contributed by atoms with Crippen molar-refractivity contribution in [1.82, 2.24) is 9.97 Å². The monoisotopic (exact) mass is 298 g/mol. The highest BCUT2D eigenvalue weighted by atomic mass is 32.2. The molecule has 0 fully saturated rings. The van der Waals surface area contributed by atoms with Crippen molar-refractivity contribution in [3.05, 3.63) is 53.6 Å². The molecule has 0 saturated heterocycles. The highest BCUT2D eigenvalue weighted by molar-refractivity contribution is 7.99. The van der Waals surface area contributed by atoms with Crippen LogP contribution in [-0.4, -0.2) is 21.0 Å². The fourth-order valence-electron chi connectivity index (χ4n) is 2.06. The van der Waals surface area contributed by atoms with Crippen LogP contribution in [0.4, 0.5) is 0 Å². The van der Waals surface area contributed by atoms with Crippen molar-refractivity contribution < 1.29 is 5.21 Å². The average molecular weight is 298 g/mol. The molecule has 0 aliphatic heterocycles. The van der Waals surface area contributed by atoms with Crippen LogP contribution in [0.15, 0.2) is 57.7 Å². The number of nitrogens with two attached hydrogens (primary N) is 1. The van der Waals surface area contributed by atoms with Crippen LogP contribution in [0.2, 0.25) is 0 Å². The number of aromatic nitrogens is 2. The fraction of sp³-hybridized carbons (Fsp3) is 0.0667. The lowest BCUT2D eigenvalue weighted by atomic mass is 10.1. The Bertz CT molecular complexity index is 792. The lowest BCUT2D eigenvalue weighted by Gasteiger charge is -2.07. The van der Waals surface area contributed by atoms with Crippen molar-refractivity contribution in [1.29, 1.82) is 0 Å². The number of oxime groups is 1. The minimum atomic E-state index is 0.0913. The Labute approximate surface area is 125 Å². The summed E-state index contributed by atoms with van der Waals surface area (Å²) in [5, 5.41) is 12.7. The number of H-pyrrole nitrogens is 1. The van der Waals surface area contributed by atoms with Gasteiger partial charge in [-0.05, 0) is 36.8 Å². The number of imidazole rings is 1. The number of benzene rings is 2. The van der Waals surface area contributed by atoms with E-state index >= 15 is 0 Å². The highest BCUT2D eigenvalue weighted by Gasteiger charge is 2.11. The number of aryl methyl sites for hydroxylation is 1. The molecule has 3 rings (SSSR count). The van der Waals surface area contributed by atoms with Crippen molar-refractivity contribution in [2.45, 2.75) is 17.0 Å². The van der Waals surface area contributed by atoms with Crippen LogP contribution in [0, 0.1) is 6.92 Å². The van der Waals surface area contributed by atoms with E-state index in [1.54, 1.807) is 0 Å². The topological polar surface area (TPSA) is 87.3 Å². The third kappa shape index (κ3) is 2.71. The maximum absolute atomic E-state index is 8.89. The summed E-state index contributed by atoms with van der Waals surface area (Å²) in [5.74, 6) is 0.0913. The normalized spacial score (nSPS) is 12.0. The maximum Gasteiger partial charge on any atom is 0.171 e. The minimum absolute atomic E-state index is 0.0913. The van der Waals surface area contributed by atoms with Gasteiger partial charge in [-0.2, -0.15) is 0 Å². The Morgan fingerprint density at radius 1 is 1.29 bits per heavy atom. The van der Waals surface area contributed by atoms with Gasteiger partial charge < -0.3 is 15.9 Å². The third-order valence-corrected chi connectivity index (χ3v) is 4.04. The van der Waals surface area contributed by atoms with Crippen LogP contribution < -0.4 is 5.73 Å². The van der Waals surface area contributed by atoms with Crippen LogP contribution in [0.25, 0.3) is 11.0 Å². The molecule has 6 heteroatoms. The third-order valence-electron chi connectivity index (χ3n) is 3.10. The summed E-state index contributed by atoms with van der Waals surface area (Å²) in [6.07, 6.45) is 0. The molecule has 0 spiro atoms. The first kappa shape index (κ1) is 13.5. The van der Waals surface area contributed by atoms with E-state index in [0.717, 1.165) is 26.6 Å². The van der Waals surface area contributed by atoms with Gasteiger partial charge in [0.1, 0.15) is 0 Å². The van der Waals surface area contributed by atoms with Gasteiger partial charge in [0.15, 0.2) is 11.0 Å². The maximum atomic E-state index is 8.89. The highest BCUT2D eigenvalue weighted by Crippen LogP contribution is 2.30. The van der Waals surface area contributed by atoms with Crippen molar-refractivity contribution in [3.8, 4) is 0 Å². The molecular formula is C15H14N4OS. The van der Waals surface area contributed by atoms with Gasteiger partial charge in [0.05, 0.1) is 11.0 Å². The number of fused-ring (bicyclic) bond motifs is 1. The predicted molar refractivity (Wildman–Crippen MR) is 83.9 cm³/mol. The molecule has 0 bridgehead atoms. The summed E-state index contributed by atoms with van der Waals surface area (Å²) in [7, 11) is 0. The largest absolute Gasteiger partial charge is 0.409 e. The molecule has 4 N–H and O–H groups in total. The van der Waals surface area contributed by atoms with Gasteiger partial charge in [-0.1, -0.05) is 35.1 Å². The van der Waals surface area contributed by atoms with Crippen LogP contribution in [-0.2, 0) is 0 Å². The zero-order chi connectivity index (χ0) is 14.8.